The number of ether oxygens (including phenoxy) is 1. The highest BCUT2D eigenvalue weighted by molar-refractivity contribution is 5.85. The van der Waals surface area contributed by atoms with Gasteiger partial charge in [-0.1, -0.05) is 30.3 Å². The van der Waals surface area contributed by atoms with Gasteiger partial charge in [0.05, 0.1) is 11.3 Å². The molecule has 0 saturated carbocycles. The Labute approximate surface area is 231 Å². The molecule has 3 aromatic rings. The SMILES string of the molecule is CN(CCn1cc(-c2ccc(F)c(C(F)(F)F)c2)nc1C1CCNCC1)C(=O)OCc1ccccc1.Cl.Cl. The van der Waals surface area contributed by atoms with Crippen molar-refractivity contribution in [2.24, 2.45) is 0 Å². The van der Waals surface area contributed by atoms with E-state index in [9.17, 15) is 22.4 Å². The molecule has 1 aliphatic rings. The summed E-state index contributed by atoms with van der Waals surface area (Å²) in [7, 11) is 1.63. The molecule has 38 heavy (non-hydrogen) atoms. The van der Waals surface area contributed by atoms with Gasteiger partial charge in [0, 0.05) is 37.8 Å². The zero-order chi connectivity index (χ0) is 25.7. The van der Waals surface area contributed by atoms with Crippen molar-refractivity contribution in [3.05, 3.63) is 77.5 Å². The lowest BCUT2D eigenvalue weighted by Crippen LogP contribution is -2.32. The topological polar surface area (TPSA) is 59.4 Å². The number of rotatable bonds is 7. The molecule has 208 valence electrons. The minimum atomic E-state index is -4.80. The molecule has 1 amide bonds. The number of hydrogen-bond donors (Lipinski definition) is 1. The second-order valence-corrected chi connectivity index (χ2v) is 8.86. The lowest BCUT2D eigenvalue weighted by Gasteiger charge is -2.24. The molecule has 1 N–H and O–H groups in total. The summed E-state index contributed by atoms with van der Waals surface area (Å²) in [4.78, 5) is 18.6. The van der Waals surface area contributed by atoms with E-state index in [4.69, 9.17) is 4.74 Å². The highest BCUT2D eigenvalue weighted by Crippen LogP contribution is 2.35. The van der Waals surface area contributed by atoms with Gasteiger partial charge in [0.25, 0.3) is 0 Å². The first-order valence-electron chi connectivity index (χ1n) is 11.8. The maximum absolute atomic E-state index is 13.8. The third kappa shape index (κ3) is 7.85. The molecule has 1 aliphatic heterocycles. The second-order valence-electron chi connectivity index (χ2n) is 8.86. The van der Waals surface area contributed by atoms with Crippen LogP contribution in [0.1, 0.15) is 35.7 Å². The summed E-state index contributed by atoms with van der Waals surface area (Å²) in [6.45, 7) is 2.49. The van der Waals surface area contributed by atoms with E-state index < -0.39 is 23.7 Å². The number of imidazole rings is 1. The predicted octanol–water partition coefficient (Wildman–Crippen LogP) is 6.29. The minimum Gasteiger partial charge on any atom is -0.445 e. The molecule has 1 fully saturated rings. The standard InChI is InChI=1S/C26H28F4N4O2.2ClH/c1-33(25(35)36-17-18-5-3-2-4-6-18)13-14-34-16-23(32-24(34)19-9-11-31-12-10-19)20-7-8-22(27)21(15-20)26(28,29)30;;/h2-8,15-16,19,31H,9-14,17H2,1H3;2*1H. The van der Waals surface area contributed by atoms with Crippen molar-refractivity contribution < 1.29 is 27.1 Å². The Morgan fingerprint density at radius 2 is 1.82 bits per heavy atom. The van der Waals surface area contributed by atoms with Gasteiger partial charge in [-0.2, -0.15) is 13.2 Å². The van der Waals surface area contributed by atoms with E-state index in [2.05, 4.69) is 10.3 Å². The number of aromatic nitrogens is 2. The molecular weight excluding hydrogens is 547 g/mol. The van der Waals surface area contributed by atoms with Gasteiger partial charge in [0.1, 0.15) is 18.2 Å². The van der Waals surface area contributed by atoms with Crippen molar-refractivity contribution in [2.45, 2.75) is 38.1 Å². The molecule has 2 aromatic carbocycles. The number of carbonyl (C=O) groups is 1. The lowest BCUT2D eigenvalue weighted by molar-refractivity contribution is -0.139. The van der Waals surface area contributed by atoms with Crippen molar-refractivity contribution in [1.29, 1.82) is 0 Å². The Morgan fingerprint density at radius 3 is 2.47 bits per heavy atom. The summed E-state index contributed by atoms with van der Waals surface area (Å²) in [6, 6.07) is 12.3. The Hall–Kier alpha value is -2.82. The molecule has 0 radical (unpaired) electrons. The number of piperidine rings is 1. The number of nitrogens with zero attached hydrogens (tertiary/aromatic N) is 3. The first-order valence-corrected chi connectivity index (χ1v) is 11.8. The average molecular weight is 577 g/mol. The van der Waals surface area contributed by atoms with Crippen molar-refractivity contribution in [2.75, 3.05) is 26.7 Å². The molecule has 4 rings (SSSR count). The zero-order valence-electron chi connectivity index (χ0n) is 20.7. The van der Waals surface area contributed by atoms with Crippen LogP contribution >= 0.6 is 24.8 Å². The molecular formula is C26H30Cl2F4N4O2. The fourth-order valence-electron chi connectivity index (χ4n) is 4.23. The van der Waals surface area contributed by atoms with Crippen molar-refractivity contribution in [3.8, 4) is 11.3 Å². The summed E-state index contributed by atoms with van der Waals surface area (Å²) >= 11 is 0. The van der Waals surface area contributed by atoms with Gasteiger partial charge < -0.3 is 19.5 Å². The lowest BCUT2D eigenvalue weighted by atomic mass is 9.97. The fourth-order valence-corrected chi connectivity index (χ4v) is 4.23. The number of likely N-dealkylation sites (N-methyl/N-ethyl adjacent to an activating group) is 1. The predicted molar refractivity (Wildman–Crippen MR) is 141 cm³/mol. The molecule has 0 spiro atoms. The van der Waals surface area contributed by atoms with Gasteiger partial charge in [-0.3, -0.25) is 0 Å². The van der Waals surface area contributed by atoms with E-state index in [0.717, 1.165) is 49.5 Å². The van der Waals surface area contributed by atoms with E-state index >= 15 is 0 Å². The highest BCUT2D eigenvalue weighted by Gasteiger charge is 2.34. The molecule has 12 heteroatoms. The Balaban J connectivity index is 0.00000253. The Bertz CT molecular complexity index is 1190. The van der Waals surface area contributed by atoms with Crippen LogP contribution in [-0.2, 0) is 24.1 Å². The number of carbonyl (C=O) groups excluding carboxylic acids is 1. The van der Waals surface area contributed by atoms with E-state index in [1.165, 1.54) is 11.0 Å². The van der Waals surface area contributed by atoms with Crippen LogP contribution in [0.25, 0.3) is 11.3 Å². The highest BCUT2D eigenvalue weighted by atomic mass is 35.5. The molecule has 0 unspecified atom stereocenters. The van der Waals surface area contributed by atoms with Gasteiger partial charge in [0.15, 0.2) is 0 Å². The van der Waals surface area contributed by atoms with Gasteiger partial charge in [0.2, 0.25) is 0 Å². The number of amides is 1. The molecule has 6 nitrogen and oxygen atoms in total. The van der Waals surface area contributed by atoms with Crippen molar-refractivity contribution in [3.63, 3.8) is 0 Å². The molecule has 1 saturated heterocycles. The van der Waals surface area contributed by atoms with Gasteiger partial charge in [-0.25, -0.2) is 14.2 Å². The van der Waals surface area contributed by atoms with Crippen LogP contribution < -0.4 is 5.32 Å². The third-order valence-corrected chi connectivity index (χ3v) is 6.27. The van der Waals surface area contributed by atoms with Crippen LogP contribution in [0, 0.1) is 5.82 Å². The summed E-state index contributed by atoms with van der Waals surface area (Å²) in [5.74, 6) is -0.451. The largest absolute Gasteiger partial charge is 0.445 e. The summed E-state index contributed by atoms with van der Waals surface area (Å²) in [5, 5.41) is 3.29. The summed E-state index contributed by atoms with van der Waals surface area (Å²) in [5.41, 5.74) is 0.0831. The molecule has 0 bridgehead atoms. The van der Waals surface area contributed by atoms with Crippen LogP contribution in [-0.4, -0.2) is 47.2 Å². The number of benzene rings is 2. The van der Waals surface area contributed by atoms with Crippen LogP contribution in [0.5, 0.6) is 0 Å². The fraction of sp³-hybridized carbons (Fsp3) is 0.385. The first-order chi connectivity index (χ1) is 17.2. The minimum absolute atomic E-state index is 0. The van der Waals surface area contributed by atoms with Crippen molar-refractivity contribution >= 4 is 30.9 Å². The van der Waals surface area contributed by atoms with E-state index in [1.54, 1.807) is 13.2 Å². The van der Waals surface area contributed by atoms with Crippen LogP contribution in [0.15, 0.2) is 54.7 Å². The van der Waals surface area contributed by atoms with Crippen LogP contribution in [0.2, 0.25) is 0 Å². The summed E-state index contributed by atoms with van der Waals surface area (Å²) < 4.78 is 60.8. The smallest absolute Gasteiger partial charge is 0.419 e. The van der Waals surface area contributed by atoms with Crippen molar-refractivity contribution in [1.82, 2.24) is 19.8 Å². The van der Waals surface area contributed by atoms with Gasteiger partial charge in [-0.05, 0) is 49.7 Å². The number of alkyl halides is 3. The summed E-state index contributed by atoms with van der Waals surface area (Å²) in [6.07, 6.45) is -1.93. The monoisotopic (exact) mass is 576 g/mol. The second kappa shape index (κ2) is 13.8. The van der Waals surface area contributed by atoms with E-state index in [1.807, 2.05) is 34.9 Å². The number of hydrogen-bond acceptors (Lipinski definition) is 4. The van der Waals surface area contributed by atoms with E-state index in [0.29, 0.717) is 18.8 Å². The molecule has 1 aromatic heterocycles. The number of nitrogens with one attached hydrogen (secondary N) is 1. The maximum atomic E-state index is 13.8. The van der Waals surface area contributed by atoms with Crippen LogP contribution in [0.3, 0.4) is 0 Å². The quantitative estimate of drug-likeness (QED) is 0.336. The van der Waals surface area contributed by atoms with E-state index in [-0.39, 0.29) is 42.9 Å². The first kappa shape index (κ1) is 31.4. The van der Waals surface area contributed by atoms with Gasteiger partial charge >= 0.3 is 12.3 Å². The zero-order valence-corrected chi connectivity index (χ0v) is 22.3. The van der Waals surface area contributed by atoms with Gasteiger partial charge in [-0.15, -0.1) is 24.8 Å². The number of halogens is 6. The molecule has 2 heterocycles. The maximum Gasteiger partial charge on any atom is 0.419 e. The third-order valence-electron chi connectivity index (χ3n) is 6.27. The Morgan fingerprint density at radius 1 is 1.13 bits per heavy atom. The Kier molecular flexibility index (Phi) is 11.4. The van der Waals surface area contributed by atoms with Crippen LogP contribution in [0.4, 0.5) is 22.4 Å². The average Bonchev–Trinajstić information content (AvgIpc) is 3.31. The molecule has 0 aliphatic carbocycles. The molecule has 0 atom stereocenters. The normalized spacial score (nSPS) is 13.8.